The van der Waals surface area contributed by atoms with E-state index in [0.29, 0.717) is 12.2 Å². The standard InChI is InChI=1S/C14H15BrN2O2/c1-9-6-10(15)8-16-12(9)17-11(18)7-14(13(17)19)4-2-3-5-14/h6,8H,2-5,7H2,1H3. The summed E-state index contributed by atoms with van der Waals surface area (Å²) in [4.78, 5) is 30.4. The summed E-state index contributed by atoms with van der Waals surface area (Å²) in [5.74, 6) is 0.333. The van der Waals surface area contributed by atoms with E-state index in [1.807, 2.05) is 13.0 Å². The van der Waals surface area contributed by atoms with Crippen molar-refractivity contribution in [1.82, 2.24) is 4.98 Å². The number of imide groups is 1. The zero-order valence-corrected chi connectivity index (χ0v) is 12.4. The van der Waals surface area contributed by atoms with Crippen LogP contribution in [0.5, 0.6) is 0 Å². The average Bonchev–Trinajstić information content (AvgIpc) is 2.89. The number of carbonyl (C=O) groups is 2. The minimum atomic E-state index is -0.432. The Morgan fingerprint density at radius 2 is 2.00 bits per heavy atom. The molecule has 1 saturated heterocycles. The molecule has 0 aromatic carbocycles. The second-order valence-electron chi connectivity index (χ2n) is 5.49. The molecule has 1 aromatic rings. The highest BCUT2D eigenvalue weighted by Gasteiger charge is 2.53. The van der Waals surface area contributed by atoms with Gasteiger partial charge in [0.25, 0.3) is 0 Å². The fourth-order valence-corrected chi connectivity index (χ4v) is 3.66. The van der Waals surface area contributed by atoms with E-state index in [1.165, 1.54) is 4.90 Å². The van der Waals surface area contributed by atoms with Gasteiger partial charge >= 0.3 is 0 Å². The van der Waals surface area contributed by atoms with Gasteiger partial charge in [-0.05, 0) is 47.3 Å². The van der Waals surface area contributed by atoms with Gasteiger partial charge in [-0.2, -0.15) is 0 Å². The van der Waals surface area contributed by atoms with E-state index in [1.54, 1.807) is 6.20 Å². The molecule has 5 heteroatoms. The molecule has 0 atom stereocenters. The largest absolute Gasteiger partial charge is 0.274 e. The quantitative estimate of drug-likeness (QED) is 0.747. The molecule has 19 heavy (non-hydrogen) atoms. The maximum absolute atomic E-state index is 12.6. The Morgan fingerprint density at radius 3 is 2.63 bits per heavy atom. The monoisotopic (exact) mass is 322 g/mol. The van der Waals surface area contributed by atoms with E-state index >= 15 is 0 Å². The number of halogens is 1. The van der Waals surface area contributed by atoms with Crippen LogP contribution < -0.4 is 4.90 Å². The normalized spacial score (nSPS) is 21.7. The van der Waals surface area contributed by atoms with E-state index in [2.05, 4.69) is 20.9 Å². The van der Waals surface area contributed by atoms with Crippen molar-refractivity contribution in [3.63, 3.8) is 0 Å². The minimum Gasteiger partial charge on any atom is -0.274 e. The lowest BCUT2D eigenvalue weighted by molar-refractivity contribution is -0.125. The molecule has 3 rings (SSSR count). The predicted octanol–water partition coefficient (Wildman–Crippen LogP) is 2.98. The summed E-state index contributed by atoms with van der Waals surface area (Å²) in [6, 6.07) is 1.88. The maximum atomic E-state index is 12.6. The number of pyridine rings is 1. The molecule has 1 aliphatic carbocycles. The van der Waals surface area contributed by atoms with E-state index in [-0.39, 0.29) is 11.8 Å². The number of aryl methyl sites for hydroxylation is 1. The van der Waals surface area contributed by atoms with Crippen LogP contribution >= 0.6 is 15.9 Å². The van der Waals surface area contributed by atoms with Gasteiger partial charge in [-0.3, -0.25) is 9.59 Å². The van der Waals surface area contributed by atoms with Gasteiger partial charge in [0, 0.05) is 17.1 Å². The average molecular weight is 323 g/mol. The third-order valence-electron chi connectivity index (χ3n) is 4.19. The first-order valence-corrected chi connectivity index (χ1v) is 7.32. The first kappa shape index (κ1) is 12.8. The molecule has 2 aliphatic rings. The molecule has 0 unspecified atom stereocenters. The van der Waals surface area contributed by atoms with Crippen LogP contribution in [0.1, 0.15) is 37.7 Å². The van der Waals surface area contributed by atoms with Crippen molar-refractivity contribution in [3.8, 4) is 0 Å². The summed E-state index contributed by atoms with van der Waals surface area (Å²) in [6.45, 7) is 1.87. The molecule has 1 aromatic heterocycles. The van der Waals surface area contributed by atoms with Crippen LogP contribution in [0.4, 0.5) is 5.82 Å². The zero-order chi connectivity index (χ0) is 13.6. The highest BCUT2D eigenvalue weighted by atomic mass is 79.9. The lowest BCUT2D eigenvalue weighted by Gasteiger charge is -2.21. The van der Waals surface area contributed by atoms with Gasteiger partial charge in [0.2, 0.25) is 11.8 Å². The van der Waals surface area contributed by atoms with E-state index in [4.69, 9.17) is 0 Å². The summed E-state index contributed by atoms with van der Waals surface area (Å²) in [5, 5.41) is 0. The Kier molecular flexibility index (Phi) is 2.96. The summed E-state index contributed by atoms with van der Waals surface area (Å²) in [6.07, 6.45) is 5.73. The Labute approximate surface area is 120 Å². The van der Waals surface area contributed by atoms with Crippen molar-refractivity contribution < 1.29 is 9.59 Å². The summed E-state index contributed by atoms with van der Waals surface area (Å²) < 4.78 is 0.850. The van der Waals surface area contributed by atoms with Crippen molar-refractivity contribution >= 4 is 33.6 Å². The molecule has 2 fully saturated rings. The molecule has 1 spiro atoms. The van der Waals surface area contributed by atoms with E-state index in [9.17, 15) is 9.59 Å². The number of hydrogen-bond donors (Lipinski definition) is 0. The van der Waals surface area contributed by atoms with Gasteiger partial charge in [-0.15, -0.1) is 0 Å². The highest BCUT2D eigenvalue weighted by Crippen LogP contribution is 2.48. The molecular formula is C14H15BrN2O2. The Balaban J connectivity index is 2.01. The van der Waals surface area contributed by atoms with Crippen molar-refractivity contribution in [1.29, 1.82) is 0 Å². The van der Waals surface area contributed by atoms with E-state index in [0.717, 1.165) is 35.7 Å². The molecule has 0 radical (unpaired) electrons. The molecule has 2 amide bonds. The van der Waals surface area contributed by atoms with Gasteiger partial charge < -0.3 is 0 Å². The maximum Gasteiger partial charge on any atom is 0.241 e. The molecule has 0 N–H and O–H groups in total. The molecule has 1 aliphatic heterocycles. The number of rotatable bonds is 1. The Morgan fingerprint density at radius 1 is 1.32 bits per heavy atom. The van der Waals surface area contributed by atoms with Crippen molar-refractivity contribution in [2.24, 2.45) is 5.41 Å². The molecule has 100 valence electrons. The minimum absolute atomic E-state index is 0.0482. The van der Waals surface area contributed by atoms with Crippen LogP contribution in [-0.4, -0.2) is 16.8 Å². The van der Waals surface area contributed by atoms with Gasteiger partial charge in [0.15, 0.2) is 0 Å². The fraction of sp³-hybridized carbons (Fsp3) is 0.500. The second kappa shape index (κ2) is 4.40. The van der Waals surface area contributed by atoms with Crippen LogP contribution in [0.15, 0.2) is 16.7 Å². The van der Waals surface area contributed by atoms with Crippen LogP contribution in [-0.2, 0) is 9.59 Å². The molecular weight excluding hydrogens is 308 g/mol. The third kappa shape index (κ3) is 1.91. The Bertz CT molecular complexity index is 565. The topological polar surface area (TPSA) is 50.3 Å². The number of amides is 2. The van der Waals surface area contributed by atoms with Gasteiger partial charge in [0.05, 0.1) is 5.41 Å². The summed E-state index contributed by atoms with van der Waals surface area (Å²) in [7, 11) is 0. The van der Waals surface area contributed by atoms with Crippen molar-refractivity contribution in [2.75, 3.05) is 4.90 Å². The van der Waals surface area contributed by atoms with Crippen LogP contribution in [0.2, 0.25) is 0 Å². The smallest absolute Gasteiger partial charge is 0.241 e. The lowest BCUT2D eigenvalue weighted by atomic mass is 9.84. The van der Waals surface area contributed by atoms with Crippen LogP contribution in [0, 0.1) is 12.3 Å². The third-order valence-corrected chi connectivity index (χ3v) is 4.62. The number of hydrogen-bond acceptors (Lipinski definition) is 3. The first-order valence-electron chi connectivity index (χ1n) is 6.53. The molecule has 1 saturated carbocycles. The van der Waals surface area contributed by atoms with Gasteiger partial charge in [-0.25, -0.2) is 9.88 Å². The Hall–Kier alpha value is -1.23. The van der Waals surface area contributed by atoms with Gasteiger partial charge in [-0.1, -0.05) is 12.8 Å². The number of aromatic nitrogens is 1. The SMILES string of the molecule is Cc1cc(Br)cnc1N1C(=O)CC2(CCCC2)C1=O. The zero-order valence-electron chi connectivity index (χ0n) is 10.8. The van der Waals surface area contributed by atoms with Crippen molar-refractivity contribution in [3.05, 3.63) is 22.3 Å². The number of anilines is 1. The molecule has 0 bridgehead atoms. The van der Waals surface area contributed by atoms with Gasteiger partial charge in [0.1, 0.15) is 5.82 Å². The van der Waals surface area contributed by atoms with Crippen molar-refractivity contribution in [2.45, 2.75) is 39.0 Å². The first-order chi connectivity index (χ1) is 9.03. The van der Waals surface area contributed by atoms with E-state index < -0.39 is 5.41 Å². The molecule has 2 heterocycles. The van der Waals surface area contributed by atoms with Crippen LogP contribution in [0.3, 0.4) is 0 Å². The lowest BCUT2D eigenvalue weighted by Crippen LogP contribution is -2.35. The second-order valence-corrected chi connectivity index (χ2v) is 6.41. The predicted molar refractivity (Wildman–Crippen MR) is 74.7 cm³/mol. The molecule has 4 nitrogen and oxygen atoms in total. The van der Waals surface area contributed by atoms with Crippen LogP contribution in [0.25, 0.3) is 0 Å². The summed E-state index contributed by atoms with van der Waals surface area (Å²) >= 11 is 3.34. The highest BCUT2D eigenvalue weighted by molar-refractivity contribution is 9.10. The summed E-state index contributed by atoms with van der Waals surface area (Å²) in [5.41, 5.74) is 0.407. The number of carbonyl (C=O) groups excluding carboxylic acids is 2. The fourth-order valence-electron chi connectivity index (χ4n) is 3.22. The number of nitrogens with zero attached hydrogens (tertiary/aromatic N) is 2.